The van der Waals surface area contributed by atoms with Crippen LogP contribution in [0.2, 0.25) is 0 Å². The van der Waals surface area contributed by atoms with Crippen LogP contribution in [0.3, 0.4) is 0 Å². The molecule has 0 saturated heterocycles. The molecule has 0 heterocycles. The minimum absolute atomic E-state index is 0.199. The van der Waals surface area contributed by atoms with Gasteiger partial charge in [0.05, 0.1) is 0 Å². The van der Waals surface area contributed by atoms with E-state index in [1.807, 2.05) is 7.05 Å². The number of benzene rings is 1. The molecule has 0 amide bonds. The lowest BCUT2D eigenvalue weighted by Crippen LogP contribution is -2.19. The van der Waals surface area contributed by atoms with Crippen molar-refractivity contribution in [2.24, 2.45) is 0 Å². The molecule has 0 aliphatic carbocycles. The summed E-state index contributed by atoms with van der Waals surface area (Å²) >= 11 is 5.58. The van der Waals surface area contributed by atoms with E-state index in [0.717, 1.165) is 18.5 Å². The minimum atomic E-state index is -4.64. The largest absolute Gasteiger partial charge is 0.573 e. The second kappa shape index (κ2) is 6.85. The predicted molar refractivity (Wildman–Crippen MR) is 64.8 cm³/mol. The van der Waals surface area contributed by atoms with Crippen molar-refractivity contribution in [2.45, 2.75) is 19.3 Å². The number of ether oxygens (including phenoxy) is 1. The molecule has 0 spiro atoms. The number of rotatable bonds is 6. The zero-order valence-corrected chi connectivity index (χ0v) is 10.8. The number of alkyl halides is 4. The lowest BCUT2D eigenvalue weighted by atomic mass is 10.2. The average Bonchev–Trinajstić information content (AvgIpc) is 2.27. The van der Waals surface area contributed by atoms with E-state index in [1.54, 1.807) is 12.1 Å². The summed E-state index contributed by atoms with van der Waals surface area (Å²) in [4.78, 5) is 2.06. The van der Waals surface area contributed by atoms with Crippen LogP contribution < -0.4 is 4.74 Å². The molecule has 102 valence electrons. The minimum Gasteiger partial charge on any atom is -0.406 e. The zero-order chi connectivity index (χ0) is 13.6. The summed E-state index contributed by atoms with van der Waals surface area (Å²) in [7, 11) is 1.94. The fourth-order valence-electron chi connectivity index (χ4n) is 1.52. The maximum atomic E-state index is 11.9. The van der Waals surface area contributed by atoms with Gasteiger partial charge in [-0.1, -0.05) is 12.1 Å². The van der Waals surface area contributed by atoms with E-state index >= 15 is 0 Å². The van der Waals surface area contributed by atoms with Crippen LogP contribution in [0.25, 0.3) is 0 Å². The highest BCUT2D eigenvalue weighted by Gasteiger charge is 2.30. The standard InChI is InChI=1S/C12H15ClF3NO/c1-17(8-2-7-13)9-10-3-5-11(6-4-10)18-12(14,15)16/h3-6H,2,7-9H2,1H3. The maximum Gasteiger partial charge on any atom is 0.573 e. The van der Waals surface area contributed by atoms with E-state index in [-0.39, 0.29) is 5.75 Å². The fraction of sp³-hybridized carbons (Fsp3) is 0.500. The molecule has 2 nitrogen and oxygen atoms in total. The van der Waals surface area contributed by atoms with Gasteiger partial charge in [0.2, 0.25) is 0 Å². The Morgan fingerprint density at radius 2 is 1.83 bits per heavy atom. The van der Waals surface area contributed by atoms with Gasteiger partial charge >= 0.3 is 6.36 Å². The topological polar surface area (TPSA) is 12.5 Å². The van der Waals surface area contributed by atoms with Crippen LogP contribution in [0.1, 0.15) is 12.0 Å². The summed E-state index contributed by atoms with van der Waals surface area (Å²) in [5.41, 5.74) is 0.932. The zero-order valence-electron chi connectivity index (χ0n) is 10.0. The Morgan fingerprint density at radius 3 is 2.33 bits per heavy atom. The van der Waals surface area contributed by atoms with Gasteiger partial charge in [-0.25, -0.2) is 0 Å². The summed E-state index contributed by atoms with van der Waals surface area (Å²) in [6, 6.07) is 5.88. The highest BCUT2D eigenvalue weighted by Crippen LogP contribution is 2.22. The molecule has 0 fully saturated rings. The molecule has 0 unspecified atom stereocenters. The normalized spacial score (nSPS) is 11.9. The first-order chi connectivity index (χ1) is 8.40. The summed E-state index contributed by atoms with van der Waals surface area (Å²) in [5, 5.41) is 0. The number of hydrogen-bond donors (Lipinski definition) is 0. The molecule has 0 bridgehead atoms. The van der Waals surface area contributed by atoms with E-state index in [0.29, 0.717) is 12.4 Å². The number of hydrogen-bond acceptors (Lipinski definition) is 2. The summed E-state index contributed by atoms with van der Waals surface area (Å²) in [5.74, 6) is 0.401. The molecular formula is C12H15ClF3NO. The van der Waals surface area contributed by atoms with E-state index in [4.69, 9.17) is 11.6 Å². The molecule has 18 heavy (non-hydrogen) atoms. The van der Waals surface area contributed by atoms with Crippen molar-refractivity contribution in [1.82, 2.24) is 4.90 Å². The molecule has 6 heteroatoms. The first kappa shape index (κ1) is 15.1. The molecular weight excluding hydrogens is 267 g/mol. The Morgan fingerprint density at radius 1 is 1.22 bits per heavy atom. The van der Waals surface area contributed by atoms with Crippen molar-refractivity contribution in [3.05, 3.63) is 29.8 Å². The Labute approximate surface area is 109 Å². The maximum absolute atomic E-state index is 11.9. The highest BCUT2D eigenvalue weighted by molar-refractivity contribution is 6.17. The second-order valence-corrected chi connectivity index (χ2v) is 4.35. The smallest absolute Gasteiger partial charge is 0.406 e. The van der Waals surface area contributed by atoms with Crippen molar-refractivity contribution in [3.8, 4) is 5.75 Å². The summed E-state index contributed by atoms with van der Waals surface area (Å²) < 4.78 is 39.6. The quantitative estimate of drug-likeness (QED) is 0.738. The molecule has 0 atom stereocenters. The molecule has 0 radical (unpaired) electrons. The third kappa shape index (κ3) is 6.12. The third-order valence-electron chi connectivity index (χ3n) is 2.28. The van der Waals surface area contributed by atoms with E-state index < -0.39 is 6.36 Å². The number of nitrogens with zero attached hydrogens (tertiary/aromatic N) is 1. The van der Waals surface area contributed by atoms with Gasteiger partial charge in [-0.15, -0.1) is 24.8 Å². The molecule has 0 N–H and O–H groups in total. The van der Waals surface area contributed by atoms with Gasteiger partial charge in [-0.2, -0.15) is 0 Å². The van der Waals surface area contributed by atoms with Crippen LogP contribution in [0.5, 0.6) is 5.75 Å². The second-order valence-electron chi connectivity index (χ2n) is 3.97. The van der Waals surface area contributed by atoms with Crippen LogP contribution in [0, 0.1) is 0 Å². The van der Waals surface area contributed by atoms with Crippen molar-refractivity contribution in [3.63, 3.8) is 0 Å². The number of halogens is 4. The van der Waals surface area contributed by atoms with Crippen LogP contribution >= 0.6 is 11.6 Å². The lowest BCUT2D eigenvalue weighted by molar-refractivity contribution is -0.274. The Bertz CT molecular complexity index is 353. The fourth-order valence-corrected chi connectivity index (χ4v) is 1.64. The van der Waals surface area contributed by atoms with Gasteiger partial charge in [0.25, 0.3) is 0 Å². The first-order valence-electron chi connectivity index (χ1n) is 5.50. The van der Waals surface area contributed by atoms with Crippen LogP contribution in [0.4, 0.5) is 13.2 Å². The predicted octanol–water partition coefficient (Wildman–Crippen LogP) is 3.65. The van der Waals surface area contributed by atoms with Gasteiger partial charge in [0.15, 0.2) is 0 Å². The van der Waals surface area contributed by atoms with Crippen molar-refractivity contribution in [1.29, 1.82) is 0 Å². The molecule has 0 saturated carbocycles. The lowest BCUT2D eigenvalue weighted by Gasteiger charge is -2.16. The Hall–Kier alpha value is -0.940. The van der Waals surface area contributed by atoms with Gasteiger partial charge in [0.1, 0.15) is 5.75 Å². The molecule has 1 aromatic carbocycles. The van der Waals surface area contributed by atoms with E-state index in [1.165, 1.54) is 12.1 Å². The SMILES string of the molecule is CN(CCCCl)Cc1ccc(OC(F)(F)F)cc1. The van der Waals surface area contributed by atoms with Gasteiger partial charge in [0, 0.05) is 12.4 Å². The molecule has 1 aromatic rings. The Kier molecular flexibility index (Phi) is 5.75. The van der Waals surface area contributed by atoms with Gasteiger partial charge in [-0.3, -0.25) is 0 Å². The van der Waals surface area contributed by atoms with Crippen molar-refractivity contribution in [2.75, 3.05) is 19.5 Å². The molecule has 0 aliphatic heterocycles. The van der Waals surface area contributed by atoms with Crippen LogP contribution in [-0.4, -0.2) is 30.7 Å². The Balaban J connectivity index is 2.50. The van der Waals surface area contributed by atoms with E-state index in [9.17, 15) is 13.2 Å². The van der Waals surface area contributed by atoms with Crippen LogP contribution in [-0.2, 0) is 6.54 Å². The van der Waals surface area contributed by atoms with Crippen molar-refractivity contribution >= 4 is 11.6 Å². The molecule has 1 rings (SSSR count). The summed E-state index contributed by atoms with van der Waals surface area (Å²) in [6.07, 6.45) is -3.76. The first-order valence-corrected chi connectivity index (χ1v) is 6.03. The van der Waals surface area contributed by atoms with E-state index in [2.05, 4.69) is 9.64 Å². The molecule has 0 aromatic heterocycles. The monoisotopic (exact) mass is 281 g/mol. The molecule has 0 aliphatic rings. The van der Waals surface area contributed by atoms with Crippen LogP contribution in [0.15, 0.2) is 24.3 Å². The highest BCUT2D eigenvalue weighted by atomic mass is 35.5. The van der Waals surface area contributed by atoms with Crippen molar-refractivity contribution < 1.29 is 17.9 Å². The van der Waals surface area contributed by atoms with Gasteiger partial charge in [-0.05, 0) is 37.7 Å². The average molecular weight is 282 g/mol. The summed E-state index contributed by atoms with van der Waals surface area (Å²) in [6.45, 7) is 1.52. The van der Waals surface area contributed by atoms with Gasteiger partial charge < -0.3 is 9.64 Å². The third-order valence-corrected chi connectivity index (χ3v) is 2.55.